The van der Waals surface area contributed by atoms with Gasteiger partial charge >= 0.3 is 0 Å². The quantitative estimate of drug-likeness (QED) is 0.843. The van der Waals surface area contributed by atoms with E-state index in [4.69, 9.17) is 10.5 Å². The first kappa shape index (κ1) is 14.8. The molecule has 0 spiro atoms. The second-order valence-electron chi connectivity index (χ2n) is 5.41. The van der Waals surface area contributed by atoms with Gasteiger partial charge in [0.05, 0.1) is 23.2 Å². The zero-order chi connectivity index (χ0) is 14.7. The molecule has 6 heteroatoms. The number of anilines is 1. The maximum absolute atomic E-state index is 12.0. The van der Waals surface area contributed by atoms with Gasteiger partial charge in [-0.25, -0.2) is 0 Å². The Labute approximate surface area is 119 Å². The Bertz CT molecular complexity index is 484. The van der Waals surface area contributed by atoms with E-state index >= 15 is 0 Å². The van der Waals surface area contributed by atoms with Crippen LogP contribution in [-0.2, 0) is 16.1 Å². The summed E-state index contributed by atoms with van der Waals surface area (Å²) in [5.41, 5.74) is 8.13. The summed E-state index contributed by atoms with van der Waals surface area (Å²) in [6.07, 6.45) is 2.29. The van der Waals surface area contributed by atoms with E-state index < -0.39 is 0 Å². The van der Waals surface area contributed by atoms with E-state index in [-0.39, 0.29) is 18.6 Å². The molecular formula is C14H24N4O2. The molecule has 0 bridgehead atoms. The topological polar surface area (TPSA) is 82.2 Å². The van der Waals surface area contributed by atoms with Crippen molar-refractivity contribution in [3.05, 3.63) is 11.4 Å². The van der Waals surface area contributed by atoms with Gasteiger partial charge in [0.15, 0.2) is 0 Å². The van der Waals surface area contributed by atoms with Crippen LogP contribution in [0.25, 0.3) is 0 Å². The Morgan fingerprint density at radius 2 is 2.30 bits per heavy atom. The standard InChI is InChI=1S/C14H24N4O2/c1-4-12-11(5-6-20-12)7-16-13(19)8-18-10(3)14(15)9(2)17-18/h11-12H,4-8,15H2,1-3H3,(H,16,19). The third-order valence-electron chi connectivity index (χ3n) is 4.04. The molecule has 6 nitrogen and oxygen atoms in total. The lowest BCUT2D eigenvalue weighted by Gasteiger charge is -2.17. The highest BCUT2D eigenvalue weighted by Gasteiger charge is 2.26. The van der Waals surface area contributed by atoms with Crippen molar-refractivity contribution in [2.75, 3.05) is 18.9 Å². The van der Waals surface area contributed by atoms with E-state index in [0.717, 1.165) is 30.8 Å². The first-order valence-corrected chi connectivity index (χ1v) is 7.20. The van der Waals surface area contributed by atoms with Gasteiger partial charge in [-0.3, -0.25) is 9.48 Å². The van der Waals surface area contributed by atoms with Crippen molar-refractivity contribution in [1.29, 1.82) is 0 Å². The molecular weight excluding hydrogens is 256 g/mol. The fourth-order valence-corrected chi connectivity index (χ4v) is 2.68. The molecule has 1 fully saturated rings. The van der Waals surface area contributed by atoms with Crippen molar-refractivity contribution >= 4 is 11.6 Å². The minimum atomic E-state index is -0.0302. The zero-order valence-corrected chi connectivity index (χ0v) is 12.5. The predicted octanol–water partition coefficient (Wildman–Crippen LogP) is 1.01. The van der Waals surface area contributed by atoms with Crippen molar-refractivity contribution in [3.8, 4) is 0 Å². The number of nitrogens with zero attached hydrogens (tertiary/aromatic N) is 2. The lowest BCUT2D eigenvalue weighted by molar-refractivity contribution is -0.122. The van der Waals surface area contributed by atoms with Gasteiger partial charge in [0.1, 0.15) is 6.54 Å². The van der Waals surface area contributed by atoms with Crippen molar-refractivity contribution in [2.45, 2.75) is 46.3 Å². The van der Waals surface area contributed by atoms with Crippen molar-refractivity contribution in [3.63, 3.8) is 0 Å². The average Bonchev–Trinajstić information content (AvgIpc) is 2.97. The van der Waals surface area contributed by atoms with Gasteiger partial charge in [-0.1, -0.05) is 6.92 Å². The predicted molar refractivity (Wildman–Crippen MR) is 77.3 cm³/mol. The minimum Gasteiger partial charge on any atom is -0.396 e. The van der Waals surface area contributed by atoms with Crippen LogP contribution in [0.4, 0.5) is 5.69 Å². The molecule has 1 amide bonds. The number of nitrogens with two attached hydrogens (primary N) is 1. The molecule has 1 aromatic rings. The number of ether oxygens (including phenoxy) is 1. The molecule has 0 aromatic carbocycles. The van der Waals surface area contributed by atoms with Gasteiger partial charge in [0.25, 0.3) is 0 Å². The van der Waals surface area contributed by atoms with E-state index in [1.165, 1.54) is 0 Å². The summed E-state index contributed by atoms with van der Waals surface area (Å²) in [5, 5.41) is 7.24. The smallest absolute Gasteiger partial charge is 0.241 e. The Morgan fingerprint density at radius 3 is 2.90 bits per heavy atom. The molecule has 0 aliphatic carbocycles. The third kappa shape index (κ3) is 3.12. The lowest BCUT2D eigenvalue weighted by Crippen LogP contribution is -2.35. The molecule has 2 atom stereocenters. The van der Waals surface area contributed by atoms with Crippen LogP contribution in [0.5, 0.6) is 0 Å². The van der Waals surface area contributed by atoms with Gasteiger partial charge < -0.3 is 15.8 Å². The largest absolute Gasteiger partial charge is 0.396 e. The highest BCUT2D eigenvalue weighted by atomic mass is 16.5. The molecule has 2 rings (SSSR count). The first-order chi connectivity index (χ1) is 9.52. The van der Waals surface area contributed by atoms with Gasteiger partial charge in [0.2, 0.25) is 5.91 Å². The van der Waals surface area contributed by atoms with Crippen molar-refractivity contribution in [2.24, 2.45) is 5.92 Å². The Balaban J connectivity index is 1.85. The lowest BCUT2D eigenvalue weighted by atomic mass is 10.00. The highest BCUT2D eigenvalue weighted by molar-refractivity contribution is 5.75. The maximum Gasteiger partial charge on any atom is 0.241 e. The minimum absolute atomic E-state index is 0.0302. The molecule has 1 aromatic heterocycles. The summed E-state index contributed by atoms with van der Waals surface area (Å²) >= 11 is 0. The number of nitrogen functional groups attached to an aromatic ring is 1. The SMILES string of the molecule is CCC1OCCC1CNC(=O)Cn1nc(C)c(N)c1C. The number of carbonyl (C=O) groups excluding carboxylic acids is 1. The second-order valence-corrected chi connectivity index (χ2v) is 5.41. The fraction of sp³-hybridized carbons (Fsp3) is 0.714. The number of aryl methyl sites for hydroxylation is 1. The molecule has 2 heterocycles. The molecule has 0 radical (unpaired) electrons. The Morgan fingerprint density at radius 1 is 1.55 bits per heavy atom. The summed E-state index contributed by atoms with van der Waals surface area (Å²) < 4.78 is 7.27. The van der Waals surface area contributed by atoms with Gasteiger partial charge in [0, 0.05) is 19.1 Å². The fourth-order valence-electron chi connectivity index (χ4n) is 2.68. The highest BCUT2D eigenvalue weighted by Crippen LogP contribution is 2.22. The number of hydrogen-bond donors (Lipinski definition) is 2. The van der Waals surface area contributed by atoms with Crippen LogP contribution in [0.15, 0.2) is 0 Å². The van der Waals surface area contributed by atoms with Gasteiger partial charge in [-0.2, -0.15) is 5.10 Å². The normalized spacial score (nSPS) is 22.1. The monoisotopic (exact) mass is 280 g/mol. The van der Waals surface area contributed by atoms with E-state index in [2.05, 4.69) is 17.3 Å². The number of amides is 1. The summed E-state index contributed by atoms with van der Waals surface area (Å²) in [7, 11) is 0. The van der Waals surface area contributed by atoms with Crippen LogP contribution in [0.1, 0.15) is 31.2 Å². The van der Waals surface area contributed by atoms with Gasteiger partial charge in [-0.05, 0) is 26.7 Å². The summed E-state index contributed by atoms with van der Waals surface area (Å²) in [6.45, 7) is 7.52. The molecule has 0 saturated carbocycles. The summed E-state index contributed by atoms with van der Waals surface area (Å²) in [6, 6.07) is 0. The molecule has 20 heavy (non-hydrogen) atoms. The van der Waals surface area contributed by atoms with Crippen molar-refractivity contribution < 1.29 is 9.53 Å². The molecule has 1 saturated heterocycles. The van der Waals surface area contributed by atoms with Crippen LogP contribution in [-0.4, -0.2) is 34.9 Å². The molecule has 2 unspecified atom stereocenters. The van der Waals surface area contributed by atoms with Crippen molar-refractivity contribution in [1.82, 2.24) is 15.1 Å². The maximum atomic E-state index is 12.0. The third-order valence-corrected chi connectivity index (χ3v) is 4.04. The van der Waals surface area contributed by atoms with E-state index in [1.54, 1.807) is 4.68 Å². The molecule has 3 N–H and O–H groups in total. The number of rotatable bonds is 5. The Kier molecular flexibility index (Phi) is 4.65. The number of nitrogens with one attached hydrogen (secondary N) is 1. The molecule has 112 valence electrons. The van der Waals surface area contributed by atoms with E-state index in [1.807, 2.05) is 13.8 Å². The Hall–Kier alpha value is -1.56. The second kappa shape index (κ2) is 6.26. The average molecular weight is 280 g/mol. The van der Waals surface area contributed by atoms with E-state index in [0.29, 0.717) is 18.2 Å². The molecule has 1 aliphatic heterocycles. The van der Waals surface area contributed by atoms with Crippen LogP contribution in [0.2, 0.25) is 0 Å². The van der Waals surface area contributed by atoms with Crippen LogP contribution in [0.3, 0.4) is 0 Å². The van der Waals surface area contributed by atoms with Crippen LogP contribution >= 0.6 is 0 Å². The van der Waals surface area contributed by atoms with E-state index in [9.17, 15) is 4.79 Å². The number of hydrogen-bond acceptors (Lipinski definition) is 4. The number of carbonyl (C=O) groups is 1. The van der Waals surface area contributed by atoms with Crippen LogP contribution in [0, 0.1) is 19.8 Å². The summed E-state index contributed by atoms with van der Waals surface area (Å²) in [5.74, 6) is 0.395. The number of aromatic nitrogens is 2. The zero-order valence-electron chi connectivity index (χ0n) is 12.5. The molecule has 1 aliphatic rings. The summed E-state index contributed by atoms with van der Waals surface area (Å²) in [4.78, 5) is 12.0. The van der Waals surface area contributed by atoms with Crippen LogP contribution < -0.4 is 11.1 Å². The first-order valence-electron chi connectivity index (χ1n) is 7.20. The van der Waals surface area contributed by atoms with Gasteiger partial charge in [-0.15, -0.1) is 0 Å².